The highest BCUT2D eigenvalue weighted by atomic mass is 32.1. The van der Waals surface area contributed by atoms with E-state index < -0.39 is 0 Å². The fourth-order valence-electron chi connectivity index (χ4n) is 4.47. The maximum atomic E-state index is 12.4. The molecule has 1 saturated heterocycles. The van der Waals surface area contributed by atoms with Crippen molar-refractivity contribution in [2.45, 2.75) is 70.3 Å². The number of benzene rings is 1. The van der Waals surface area contributed by atoms with Crippen LogP contribution in [-0.4, -0.2) is 41.5 Å². The van der Waals surface area contributed by atoms with Gasteiger partial charge in [0.05, 0.1) is 15.2 Å². The van der Waals surface area contributed by atoms with Crippen molar-refractivity contribution < 1.29 is 4.79 Å². The number of fused-ring (bicyclic) bond motifs is 1. The van der Waals surface area contributed by atoms with Crippen molar-refractivity contribution in [2.75, 3.05) is 19.6 Å². The smallest absolute Gasteiger partial charge is 0.220 e. The van der Waals surface area contributed by atoms with Crippen molar-refractivity contribution in [2.24, 2.45) is 0 Å². The van der Waals surface area contributed by atoms with E-state index in [1.807, 2.05) is 18.2 Å². The minimum atomic E-state index is 0.172. The number of nitrogens with zero attached hydrogens (tertiary/aromatic N) is 2. The highest BCUT2D eigenvalue weighted by molar-refractivity contribution is 7.18. The maximum Gasteiger partial charge on any atom is 0.220 e. The number of aromatic nitrogens is 1. The van der Waals surface area contributed by atoms with Crippen LogP contribution >= 0.6 is 11.3 Å². The van der Waals surface area contributed by atoms with Gasteiger partial charge in [-0.1, -0.05) is 36.6 Å². The van der Waals surface area contributed by atoms with Gasteiger partial charge in [0.15, 0.2) is 0 Å². The lowest BCUT2D eigenvalue weighted by atomic mass is 9.98. The molecule has 1 aromatic carbocycles. The quantitative estimate of drug-likeness (QED) is 0.674. The second-order valence-corrected chi connectivity index (χ2v) is 9.62. The Morgan fingerprint density at radius 3 is 2.83 bits per heavy atom. The Balaban J connectivity index is 1.17. The number of carbonyl (C=O) groups is 1. The summed E-state index contributed by atoms with van der Waals surface area (Å²) in [5.74, 6) is 0.172. The van der Waals surface area contributed by atoms with Gasteiger partial charge >= 0.3 is 0 Å². The molecule has 1 fully saturated rings. The Bertz CT molecular complexity index is 803. The van der Waals surface area contributed by atoms with Crippen LogP contribution in [0.15, 0.2) is 35.9 Å². The van der Waals surface area contributed by atoms with Gasteiger partial charge in [0, 0.05) is 38.5 Å². The molecule has 1 aromatic heterocycles. The van der Waals surface area contributed by atoms with E-state index >= 15 is 0 Å². The molecule has 4 nitrogen and oxygen atoms in total. The Morgan fingerprint density at radius 1 is 1.14 bits per heavy atom. The summed E-state index contributed by atoms with van der Waals surface area (Å²) in [6, 6.07) is 8.52. The van der Waals surface area contributed by atoms with Crippen LogP contribution in [0.25, 0.3) is 10.2 Å². The fourth-order valence-corrected chi connectivity index (χ4v) is 5.44. The van der Waals surface area contributed by atoms with Crippen LogP contribution in [0.5, 0.6) is 0 Å². The van der Waals surface area contributed by atoms with Crippen molar-refractivity contribution in [1.82, 2.24) is 15.2 Å². The Hall–Kier alpha value is -1.72. The van der Waals surface area contributed by atoms with Crippen LogP contribution in [0.1, 0.15) is 62.8 Å². The van der Waals surface area contributed by atoms with E-state index in [1.54, 1.807) is 16.9 Å². The summed E-state index contributed by atoms with van der Waals surface area (Å²) in [7, 11) is 0. The molecule has 0 radical (unpaired) electrons. The van der Waals surface area contributed by atoms with E-state index in [2.05, 4.69) is 27.3 Å². The average Bonchev–Trinajstić information content (AvgIpc) is 3.13. The summed E-state index contributed by atoms with van der Waals surface area (Å²) in [6.45, 7) is 3.33. The van der Waals surface area contributed by atoms with Crippen LogP contribution in [0.4, 0.5) is 0 Å². The topological polar surface area (TPSA) is 45.2 Å². The Kier molecular flexibility index (Phi) is 7.33. The van der Waals surface area contributed by atoms with Crippen LogP contribution in [-0.2, 0) is 11.2 Å². The molecule has 1 amide bonds. The number of likely N-dealkylation sites (tertiary alicyclic amines) is 1. The lowest BCUT2D eigenvalue weighted by Gasteiger charge is -2.33. The SMILES string of the molecule is O=C(CCc1nc2ccccc2s1)NC1CCN(C/C2=C/CCCCCC2)CC1. The molecule has 4 rings (SSSR count). The van der Waals surface area contributed by atoms with Crippen molar-refractivity contribution in [3.8, 4) is 0 Å². The number of nitrogens with one attached hydrogen (secondary N) is 1. The first-order valence-corrected chi connectivity index (χ1v) is 12.1. The van der Waals surface area contributed by atoms with E-state index in [1.165, 1.54) is 43.2 Å². The van der Waals surface area contributed by atoms with E-state index in [4.69, 9.17) is 0 Å². The maximum absolute atomic E-state index is 12.4. The molecule has 2 aromatic rings. The summed E-state index contributed by atoms with van der Waals surface area (Å²) in [6.07, 6.45) is 13.9. The molecule has 0 spiro atoms. The van der Waals surface area contributed by atoms with Crippen LogP contribution in [0.2, 0.25) is 0 Å². The third kappa shape index (κ3) is 6.13. The number of rotatable bonds is 6. The van der Waals surface area contributed by atoms with Gasteiger partial charge in [-0.3, -0.25) is 9.69 Å². The molecule has 29 heavy (non-hydrogen) atoms. The Labute approximate surface area is 178 Å². The molecule has 2 heterocycles. The van der Waals surface area contributed by atoms with Crippen LogP contribution < -0.4 is 5.32 Å². The number of hydrogen-bond donors (Lipinski definition) is 1. The van der Waals surface area contributed by atoms with Gasteiger partial charge in [0.2, 0.25) is 5.91 Å². The molecule has 1 N–H and O–H groups in total. The predicted octanol–water partition coefficient (Wildman–Crippen LogP) is 5.09. The summed E-state index contributed by atoms with van der Waals surface area (Å²) >= 11 is 1.70. The Morgan fingerprint density at radius 2 is 1.97 bits per heavy atom. The molecule has 1 aliphatic carbocycles. The molecule has 1 aliphatic heterocycles. The van der Waals surface area contributed by atoms with Gasteiger partial charge in [0.25, 0.3) is 0 Å². The number of aryl methyl sites for hydroxylation is 1. The zero-order chi connectivity index (χ0) is 19.9. The largest absolute Gasteiger partial charge is 0.353 e. The first kappa shape index (κ1) is 20.5. The highest BCUT2D eigenvalue weighted by Crippen LogP contribution is 2.23. The number of piperidine rings is 1. The lowest BCUT2D eigenvalue weighted by Crippen LogP contribution is -2.45. The number of allylic oxidation sites excluding steroid dienone is 1. The van der Waals surface area contributed by atoms with Gasteiger partial charge < -0.3 is 5.32 Å². The molecular weight excluding hydrogens is 378 g/mol. The van der Waals surface area contributed by atoms with Gasteiger partial charge in [-0.25, -0.2) is 4.98 Å². The van der Waals surface area contributed by atoms with Gasteiger partial charge in [-0.05, 0) is 50.7 Å². The minimum Gasteiger partial charge on any atom is -0.353 e. The molecule has 156 valence electrons. The number of carbonyl (C=O) groups excluding carboxylic acids is 1. The van der Waals surface area contributed by atoms with Crippen LogP contribution in [0, 0.1) is 0 Å². The summed E-state index contributed by atoms with van der Waals surface area (Å²) < 4.78 is 1.20. The summed E-state index contributed by atoms with van der Waals surface area (Å²) in [4.78, 5) is 19.6. The van der Waals surface area contributed by atoms with Crippen molar-refractivity contribution >= 4 is 27.5 Å². The van der Waals surface area contributed by atoms with Gasteiger partial charge in [0.1, 0.15) is 0 Å². The fraction of sp³-hybridized carbons (Fsp3) is 0.583. The second-order valence-electron chi connectivity index (χ2n) is 8.51. The molecule has 5 heteroatoms. The van der Waals surface area contributed by atoms with E-state index in [0.29, 0.717) is 12.5 Å². The zero-order valence-corrected chi connectivity index (χ0v) is 18.2. The standard InChI is InChI=1S/C24H33N3OS/c28-23(12-13-24-26-21-10-6-7-11-22(21)29-24)25-20-14-16-27(17-15-20)18-19-8-4-2-1-3-5-9-19/h6-8,10-11,20H,1-5,9,12-18H2,(H,25,28)/b19-8+. The monoisotopic (exact) mass is 411 g/mol. The molecule has 2 aliphatic rings. The first-order chi connectivity index (χ1) is 14.3. The van der Waals surface area contributed by atoms with Gasteiger partial charge in [-0.15, -0.1) is 11.3 Å². The molecule has 0 unspecified atom stereocenters. The minimum absolute atomic E-state index is 0.172. The summed E-state index contributed by atoms with van der Waals surface area (Å²) in [5, 5.41) is 4.32. The molecule has 0 bridgehead atoms. The normalized spacial score (nSPS) is 21.3. The average molecular weight is 412 g/mol. The van der Waals surface area contributed by atoms with E-state index in [9.17, 15) is 4.79 Å². The third-order valence-corrected chi connectivity index (χ3v) is 7.26. The molecule has 0 saturated carbocycles. The first-order valence-electron chi connectivity index (χ1n) is 11.3. The number of thiazole rings is 1. The van der Waals surface area contributed by atoms with Crippen molar-refractivity contribution in [3.63, 3.8) is 0 Å². The highest BCUT2D eigenvalue weighted by Gasteiger charge is 2.21. The molecular formula is C24H33N3OS. The number of para-hydroxylation sites is 1. The third-order valence-electron chi connectivity index (χ3n) is 6.17. The van der Waals surface area contributed by atoms with Gasteiger partial charge in [-0.2, -0.15) is 0 Å². The second kappa shape index (κ2) is 10.4. The number of hydrogen-bond acceptors (Lipinski definition) is 4. The van der Waals surface area contributed by atoms with E-state index in [0.717, 1.165) is 49.4 Å². The molecule has 0 atom stereocenters. The van der Waals surface area contributed by atoms with E-state index in [-0.39, 0.29) is 5.91 Å². The lowest BCUT2D eigenvalue weighted by molar-refractivity contribution is -0.122. The number of amides is 1. The summed E-state index contributed by atoms with van der Waals surface area (Å²) in [5.41, 5.74) is 2.68. The zero-order valence-electron chi connectivity index (χ0n) is 17.4. The van der Waals surface area contributed by atoms with Crippen molar-refractivity contribution in [3.05, 3.63) is 40.9 Å². The predicted molar refractivity (Wildman–Crippen MR) is 121 cm³/mol. The van der Waals surface area contributed by atoms with Crippen molar-refractivity contribution in [1.29, 1.82) is 0 Å². The van der Waals surface area contributed by atoms with Crippen LogP contribution in [0.3, 0.4) is 0 Å².